The van der Waals surface area contributed by atoms with Crippen LogP contribution in [0.2, 0.25) is 0 Å². The molecule has 0 aliphatic carbocycles. The summed E-state index contributed by atoms with van der Waals surface area (Å²) in [6.45, 7) is 2.76. The summed E-state index contributed by atoms with van der Waals surface area (Å²) in [5.74, 6) is 0. The van der Waals surface area contributed by atoms with Crippen LogP contribution in [0.5, 0.6) is 0 Å². The number of hydrogen-bond donors (Lipinski definition) is 2. The predicted molar refractivity (Wildman–Crippen MR) is 96.9 cm³/mol. The molecule has 0 fully saturated rings. The smallest absolute Gasteiger partial charge is 0.327 e. The lowest BCUT2D eigenvalue weighted by molar-refractivity contribution is 0.248. The van der Waals surface area contributed by atoms with E-state index in [-0.39, 0.29) is 0 Å². The van der Waals surface area contributed by atoms with E-state index in [2.05, 4.69) is 6.92 Å². The molecule has 0 spiro atoms. The lowest BCUT2D eigenvalue weighted by atomic mass is 10.0. The second-order valence-corrected chi connectivity index (χ2v) is 7.15. The zero-order valence-electron chi connectivity index (χ0n) is 14.8. The van der Waals surface area contributed by atoms with Crippen LogP contribution in [0.4, 0.5) is 0 Å². The summed E-state index contributed by atoms with van der Waals surface area (Å²) in [4.78, 5) is 17.2. The molecule has 0 saturated heterocycles. The van der Waals surface area contributed by atoms with Crippen LogP contribution in [0.25, 0.3) is 0 Å². The molecular weight excluding hydrogens is 295 g/mol. The molecule has 3 nitrogen and oxygen atoms in total. The molecule has 0 atom stereocenters. The molecule has 134 valence electrons. The molecule has 22 heavy (non-hydrogen) atoms. The molecule has 4 heteroatoms. The van der Waals surface area contributed by atoms with Crippen molar-refractivity contribution in [2.24, 2.45) is 0 Å². The van der Waals surface area contributed by atoms with E-state index < -0.39 is 8.60 Å². The Balaban J connectivity index is 2.94. The molecule has 0 aliphatic heterocycles. The first-order valence-corrected chi connectivity index (χ1v) is 10.7. The van der Waals surface area contributed by atoms with Gasteiger partial charge in [-0.25, -0.2) is 0 Å². The van der Waals surface area contributed by atoms with Gasteiger partial charge in [-0.1, -0.05) is 103 Å². The van der Waals surface area contributed by atoms with Crippen molar-refractivity contribution >= 4 is 8.60 Å². The van der Waals surface area contributed by atoms with Crippen molar-refractivity contribution in [1.82, 2.24) is 0 Å². The Morgan fingerprint density at radius 3 is 1.18 bits per heavy atom. The second kappa shape index (κ2) is 19.4. The fourth-order valence-corrected chi connectivity index (χ4v) is 3.09. The van der Waals surface area contributed by atoms with Gasteiger partial charge in [0.05, 0.1) is 6.61 Å². The maximum Gasteiger partial charge on any atom is 0.327 e. The van der Waals surface area contributed by atoms with Gasteiger partial charge in [-0.15, -0.1) is 0 Å². The van der Waals surface area contributed by atoms with Crippen LogP contribution in [0.3, 0.4) is 0 Å². The van der Waals surface area contributed by atoms with E-state index >= 15 is 0 Å². The Morgan fingerprint density at radius 1 is 0.545 bits per heavy atom. The Hall–Kier alpha value is 0.310. The standard InChI is InChI=1S/C18H39O3P/c1-2-3-4-5-6-7-8-9-10-11-12-13-14-15-16-17-18-21-22(19)20/h19-20H,2-18H2,1H3. The third kappa shape index (κ3) is 20.3. The van der Waals surface area contributed by atoms with Crippen LogP contribution in [0.15, 0.2) is 0 Å². The lowest BCUT2D eigenvalue weighted by Crippen LogP contribution is -1.89. The summed E-state index contributed by atoms with van der Waals surface area (Å²) in [5, 5.41) is 0. The Morgan fingerprint density at radius 2 is 0.864 bits per heavy atom. The van der Waals surface area contributed by atoms with Crippen molar-refractivity contribution in [3.05, 3.63) is 0 Å². The van der Waals surface area contributed by atoms with Crippen LogP contribution in [-0.4, -0.2) is 16.4 Å². The van der Waals surface area contributed by atoms with E-state index in [0.717, 1.165) is 12.8 Å². The Bertz CT molecular complexity index is 201. The van der Waals surface area contributed by atoms with Crippen LogP contribution >= 0.6 is 8.60 Å². The summed E-state index contributed by atoms with van der Waals surface area (Å²) in [7, 11) is -2.14. The van der Waals surface area contributed by atoms with E-state index in [4.69, 9.17) is 14.3 Å². The van der Waals surface area contributed by atoms with E-state index in [9.17, 15) is 0 Å². The van der Waals surface area contributed by atoms with Gasteiger partial charge in [-0.2, -0.15) is 0 Å². The fourth-order valence-electron chi connectivity index (χ4n) is 2.80. The van der Waals surface area contributed by atoms with Crippen LogP contribution in [-0.2, 0) is 4.52 Å². The minimum atomic E-state index is -2.14. The molecule has 0 bridgehead atoms. The quantitative estimate of drug-likeness (QED) is 0.223. The van der Waals surface area contributed by atoms with Gasteiger partial charge < -0.3 is 14.3 Å². The first-order chi connectivity index (χ1) is 10.8. The van der Waals surface area contributed by atoms with Gasteiger partial charge >= 0.3 is 8.60 Å². The second-order valence-electron chi connectivity index (χ2n) is 6.39. The highest BCUT2D eigenvalue weighted by Crippen LogP contribution is 2.24. The third-order valence-electron chi connectivity index (χ3n) is 4.20. The molecule has 2 N–H and O–H groups in total. The summed E-state index contributed by atoms with van der Waals surface area (Å²) in [5.41, 5.74) is 0. The lowest BCUT2D eigenvalue weighted by Gasteiger charge is -2.04. The molecule has 0 aromatic rings. The third-order valence-corrected chi connectivity index (χ3v) is 4.62. The summed E-state index contributed by atoms with van der Waals surface area (Å²) in [6.07, 6.45) is 21.6. The fraction of sp³-hybridized carbons (Fsp3) is 1.00. The molecule has 0 aliphatic rings. The Labute approximate surface area is 139 Å². The van der Waals surface area contributed by atoms with Gasteiger partial charge in [0.1, 0.15) is 0 Å². The van der Waals surface area contributed by atoms with Crippen LogP contribution in [0, 0.1) is 0 Å². The monoisotopic (exact) mass is 334 g/mol. The van der Waals surface area contributed by atoms with E-state index in [0.29, 0.717) is 6.61 Å². The molecular formula is C18H39O3P. The number of hydrogen-bond acceptors (Lipinski definition) is 3. The maximum absolute atomic E-state index is 8.58. The molecule has 0 aromatic heterocycles. The summed E-state index contributed by atoms with van der Waals surface area (Å²) in [6, 6.07) is 0. The average Bonchev–Trinajstić information content (AvgIpc) is 2.50. The summed E-state index contributed by atoms with van der Waals surface area (Å²) < 4.78 is 4.74. The van der Waals surface area contributed by atoms with Crippen molar-refractivity contribution < 1.29 is 14.3 Å². The van der Waals surface area contributed by atoms with Gasteiger partial charge in [0.2, 0.25) is 0 Å². The van der Waals surface area contributed by atoms with E-state index in [1.165, 1.54) is 89.9 Å². The molecule has 0 saturated carbocycles. The number of unbranched alkanes of at least 4 members (excludes halogenated alkanes) is 15. The number of rotatable bonds is 18. The van der Waals surface area contributed by atoms with Crippen molar-refractivity contribution in [3.8, 4) is 0 Å². The maximum atomic E-state index is 8.58. The van der Waals surface area contributed by atoms with Crippen molar-refractivity contribution in [2.45, 2.75) is 110 Å². The highest BCUT2D eigenvalue weighted by atomic mass is 31.2. The Kier molecular flexibility index (Phi) is 19.6. The SMILES string of the molecule is CCCCCCCCCCCCCCCCCCOP(O)O. The van der Waals surface area contributed by atoms with Crippen LogP contribution in [0.1, 0.15) is 110 Å². The zero-order valence-corrected chi connectivity index (χ0v) is 15.7. The summed E-state index contributed by atoms with van der Waals surface area (Å²) >= 11 is 0. The van der Waals surface area contributed by atoms with Gasteiger partial charge in [-0.05, 0) is 6.42 Å². The van der Waals surface area contributed by atoms with Crippen molar-refractivity contribution in [2.75, 3.05) is 6.61 Å². The molecule has 0 radical (unpaired) electrons. The molecule has 0 amide bonds. The largest absolute Gasteiger partial charge is 0.328 e. The van der Waals surface area contributed by atoms with E-state index in [1.54, 1.807) is 0 Å². The average molecular weight is 334 g/mol. The molecule has 0 rings (SSSR count). The van der Waals surface area contributed by atoms with Crippen molar-refractivity contribution in [1.29, 1.82) is 0 Å². The minimum Gasteiger partial charge on any atom is -0.328 e. The van der Waals surface area contributed by atoms with Crippen molar-refractivity contribution in [3.63, 3.8) is 0 Å². The van der Waals surface area contributed by atoms with Gasteiger partial charge in [0, 0.05) is 0 Å². The molecule has 0 heterocycles. The predicted octanol–water partition coefficient (Wildman–Crippen LogP) is 6.48. The first kappa shape index (κ1) is 22.3. The highest BCUT2D eigenvalue weighted by molar-refractivity contribution is 7.39. The minimum absolute atomic E-state index is 0.483. The van der Waals surface area contributed by atoms with Gasteiger partial charge in [0.15, 0.2) is 0 Å². The molecule has 0 unspecified atom stereocenters. The normalized spacial score (nSPS) is 11.5. The zero-order chi connectivity index (χ0) is 16.3. The van der Waals surface area contributed by atoms with Gasteiger partial charge in [-0.3, -0.25) is 0 Å². The van der Waals surface area contributed by atoms with Gasteiger partial charge in [0.25, 0.3) is 0 Å². The molecule has 0 aromatic carbocycles. The first-order valence-electron chi connectivity index (χ1n) is 9.58. The highest BCUT2D eigenvalue weighted by Gasteiger charge is 1.98. The van der Waals surface area contributed by atoms with Crippen LogP contribution < -0.4 is 0 Å². The topological polar surface area (TPSA) is 49.7 Å². The van der Waals surface area contributed by atoms with E-state index in [1.807, 2.05) is 0 Å².